The minimum absolute atomic E-state index is 0.0796. The molecule has 0 saturated carbocycles. The standard InChI is InChI=1S/C21H36O2/c1-3-4-5-6-7-8-9-10-11-12-13-14-15-16-17-18-19-20-21(22)23-2/h4-5,7-8,10-11H,3,6,9,12-20H2,1-2H3/b5-4+,8-7+,11-10-. The number of allylic oxidation sites excluding steroid dienone is 6. The van der Waals surface area contributed by atoms with Gasteiger partial charge in [0.05, 0.1) is 7.11 Å². The molecule has 2 heteroatoms. The number of ether oxygens (including phenoxy) is 1. The highest BCUT2D eigenvalue weighted by molar-refractivity contribution is 5.68. The highest BCUT2D eigenvalue weighted by Gasteiger charge is 1.98. The summed E-state index contributed by atoms with van der Waals surface area (Å²) in [7, 11) is 1.46. The van der Waals surface area contributed by atoms with E-state index in [0.717, 1.165) is 32.1 Å². The summed E-state index contributed by atoms with van der Waals surface area (Å²) in [5.74, 6) is -0.0796. The molecule has 0 aliphatic rings. The number of esters is 1. The molecule has 0 aromatic rings. The van der Waals surface area contributed by atoms with Gasteiger partial charge in [0.15, 0.2) is 0 Å². The molecular formula is C21H36O2. The third-order valence-corrected chi connectivity index (χ3v) is 3.76. The third kappa shape index (κ3) is 18.6. The van der Waals surface area contributed by atoms with E-state index in [1.54, 1.807) is 0 Å². The van der Waals surface area contributed by atoms with E-state index >= 15 is 0 Å². The van der Waals surface area contributed by atoms with Crippen molar-refractivity contribution in [3.8, 4) is 0 Å². The van der Waals surface area contributed by atoms with E-state index < -0.39 is 0 Å². The number of carbonyl (C=O) groups excluding carboxylic acids is 1. The summed E-state index contributed by atoms with van der Waals surface area (Å²) in [4.78, 5) is 10.9. The predicted molar refractivity (Wildman–Crippen MR) is 101 cm³/mol. The van der Waals surface area contributed by atoms with Crippen molar-refractivity contribution in [3.05, 3.63) is 36.5 Å². The summed E-state index contributed by atoms with van der Waals surface area (Å²) in [6, 6.07) is 0. The SMILES string of the molecule is CC/C=C/C/C=C/C/C=C\CCCCCCCCCC(=O)OC. The molecular weight excluding hydrogens is 284 g/mol. The topological polar surface area (TPSA) is 26.3 Å². The van der Waals surface area contributed by atoms with E-state index in [1.165, 1.54) is 45.6 Å². The van der Waals surface area contributed by atoms with Gasteiger partial charge in [0.25, 0.3) is 0 Å². The van der Waals surface area contributed by atoms with Gasteiger partial charge in [0, 0.05) is 6.42 Å². The molecule has 0 spiro atoms. The van der Waals surface area contributed by atoms with Crippen LogP contribution in [0.4, 0.5) is 0 Å². The molecule has 132 valence electrons. The van der Waals surface area contributed by atoms with Crippen LogP contribution in [0, 0.1) is 0 Å². The summed E-state index contributed by atoms with van der Waals surface area (Å²) < 4.78 is 4.63. The average Bonchev–Trinajstić information content (AvgIpc) is 2.57. The van der Waals surface area contributed by atoms with Crippen LogP contribution >= 0.6 is 0 Å². The van der Waals surface area contributed by atoms with Crippen molar-refractivity contribution < 1.29 is 9.53 Å². The molecule has 0 aromatic heterocycles. The average molecular weight is 321 g/mol. The molecule has 0 N–H and O–H groups in total. The second-order valence-electron chi connectivity index (χ2n) is 5.88. The second-order valence-corrected chi connectivity index (χ2v) is 5.88. The van der Waals surface area contributed by atoms with E-state index in [0.29, 0.717) is 6.42 Å². The Morgan fingerprint density at radius 1 is 0.739 bits per heavy atom. The van der Waals surface area contributed by atoms with Gasteiger partial charge in [-0.25, -0.2) is 0 Å². The first-order valence-corrected chi connectivity index (χ1v) is 9.33. The van der Waals surface area contributed by atoms with Crippen LogP contribution in [0.25, 0.3) is 0 Å². The molecule has 0 atom stereocenters. The predicted octanol–water partition coefficient (Wildman–Crippen LogP) is 6.53. The van der Waals surface area contributed by atoms with Crippen LogP contribution in [0.15, 0.2) is 36.5 Å². The summed E-state index contributed by atoms with van der Waals surface area (Å²) in [5.41, 5.74) is 0. The van der Waals surface area contributed by atoms with Crippen molar-refractivity contribution in [1.82, 2.24) is 0 Å². The first kappa shape index (κ1) is 21.7. The molecule has 0 unspecified atom stereocenters. The van der Waals surface area contributed by atoms with Crippen LogP contribution in [-0.2, 0) is 9.53 Å². The van der Waals surface area contributed by atoms with Crippen molar-refractivity contribution >= 4 is 5.97 Å². The summed E-state index contributed by atoms with van der Waals surface area (Å²) in [6.07, 6.45) is 27.1. The minimum atomic E-state index is -0.0796. The van der Waals surface area contributed by atoms with Crippen molar-refractivity contribution in [2.75, 3.05) is 7.11 Å². The number of hydrogen-bond donors (Lipinski definition) is 0. The lowest BCUT2D eigenvalue weighted by Crippen LogP contribution is -1.99. The molecule has 0 aliphatic carbocycles. The van der Waals surface area contributed by atoms with Gasteiger partial charge in [0.2, 0.25) is 0 Å². The van der Waals surface area contributed by atoms with Gasteiger partial charge in [-0.05, 0) is 38.5 Å². The molecule has 0 aliphatic heterocycles. The Hall–Kier alpha value is -1.31. The zero-order valence-electron chi connectivity index (χ0n) is 15.3. The second kappa shape index (κ2) is 18.7. The van der Waals surface area contributed by atoms with Gasteiger partial charge in [-0.15, -0.1) is 0 Å². The van der Waals surface area contributed by atoms with Crippen LogP contribution in [0.3, 0.4) is 0 Å². The monoisotopic (exact) mass is 320 g/mol. The summed E-state index contributed by atoms with van der Waals surface area (Å²) >= 11 is 0. The van der Waals surface area contributed by atoms with Crippen molar-refractivity contribution in [2.24, 2.45) is 0 Å². The quantitative estimate of drug-likeness (QED) is 0.195. The van der Waals surface area contributed by atoms with Crippen LogP contribution in [0.1, 0.15) is 84.0 Å². The summed E-state index contributed by atoms with van der Waals surface area (Å²) in [5, 5.41) is 0. The number of rotatable bonds is 15. The van der Waals surface area contributed by atoms with E-state index in [2.05, 4.69) is 48.1 Å². The Bertz CT molecular complexity index is 340. The first-order valence-electron chi connectivity index (χ1n) is 9.33. The lowest BCUT2D eigenvalue weighted by atomic mass is 10.1. The lowest BCUT2D eigenvalue weighted by molar-refractivity contribution is -0.140. The fraction of sp³-hybridized carbons (Fsp3) is 0.667. The van der Waals surface area contributed by atoms with E-state index in [4.69, 9.17) is 0 Å². The Balaban J connectivity index is 3.22. The zero-order chi connectivity index (χ0) is 17.0. The molecule has 0 bridgehead atoms. The van der Waals surface area contributed by atoms with Gasteiger partial charge in [0.1, 0.15) is 0 Å². The normalized spacial score (nSPS) is 11.9. The number of unbranched alkanes of at least 4 members (excludes halogenated alkanes) is 7. The van der Waals surface area contributed by atoms with E-state index in [-0.39, 0.29) is 5.97 Å². The van der Waals surface area contributed by atoms with Crippen LogP contribution in [0.2, 0.25) is 0 Å². The maximum atomic E-state index is 10.9. The van der Waals surface area contributed by atoms with Gasteiger partial charge >= 0.3 is 5.97 Å². The van der Waals surface area contributed by atoms with Gasteiger partial charge in [-0.1, -0.05) is 75.5 Å². The Labute approximate surface area is 143 Å². The molecule has 2 nitrogen and oxygen atoms in total. The highest BCUT2D eigenvalue weighted by atomic mass is 16.5. The van der Waals surface area contributed by atoms with E-state index in [9.17, 15) is 4.79 Å². The lowest BCUT2D eigenvalue weighted by Gasteiger charge is -2.01. The van der Waals surface area contributed by atoms with Crippen molar-refractivity contribution in [1.29, 1.82) is 0 Å². The Morgan fingerprint density at radius 2 is 1.26 bits per heavy atom. The van der Waals surface area contributed by atoms with Gasteiger partial charge < -0.3 is 4.74 Å². The molecule has 0 amide bonds. The molecule has 23 heavy (non-hydrogen) atoms. The van der Waals surface area contributed by atoms with Crippen LogP contribution in [-0.4, -0.2) is 13.1 Å². The molecule has 0 saturated heterocycles. The van der Waals surface area contributed by atoms with Gasteiger partial charge in [-0.2, -0.15) is 0 Å². The van der Waals surface area contributed by atoms with Gasteiger partial charge in [-0.3, -0.25) is 4.79 Å². The van der Waals surface area contributed by atoms with Crippen LogP contribution < -0.4 is 0 Å². The highest BCUT2D eigenvalue weighted by Crippen LogP contribution is 2.10. The number of carbonyl (C=O) groups is 1. The minimum Gasteiger partial charge on any atom is -0.469 e. The van der Waals surface area contributed by atoms with Crippen molar-refractivity contribution in [2.45, 2.75) is 84.0 Å². The number of methoxy groups -OCH3 is 1. The third-order valence-electron chi connectivity index (χ3n) is 3.76. The summed E-state index contributed by atoms with van der Waals surface area (Å²) in [6.45, 7) is 2.16. The first-order chi connectivity index (χ1) is 11.3. The Morgan fingerprint density at radius 3 is 1.87 bits per heavy atom. The maximum absolute atomic E-state index is 10.9. The molecule has 0 heterocycles. The van der Waals surface area contributed by atoms with Crippen LogP contribution in [0.5, 0.6) is 0 Å². The van der Waals surface area contributed by atoms with E-state index in [1.807, 2.05) is 0 Å². The largest absolute Gasteiger partial charge is 0.469 e. The Kier molecular flexibility index (Phi) is 17.7. The molecule has 0 radical (unpaired) electrons. The smallest absolute Gasteiger partial charge is 0.305 e. The maximum Gasteiger partial charge on any atom is 0.305 e. The molecule has 0 rings (SSSR count). The zero-order valence-corrected chi connectivity index (χ0v) is 15.3. The number of hydrogen-bond acceptors (Lipinski definition) is 2. The fourth-order valence-electron chi connectivity index (χ4n) is 2.34. The van der Waals surface area contributed by atoms with Crippen molar-refractivity contribution in [3.63, 3.8) is 0 Å². The molecule has 0 fully saturated rings. The fourth-order valence-corrected chi connectivity index (χ4v) is 2.34. The molecule has 0 aromatic carbocycles.